The molecule has 1 amide bonds. The minimum Gasteiger partial charge on any atom is -0.444 e. The molecular weight excluding hydrogens is 238 g/mol. The molecule has 2 aliphatic rings. The summed E-state index contributed by atoms with van der Waals surface area (Å²) in [6.07, 6.45) is 0.638. The van der Waals surface area contributed by atoms with E-state index in [1.807, 2.05) is 20.8 Å². The fourth-order valence-corrected chi connectivity index (χ4v) is 3.12. The van der Waals surface area contributed by atoms with Crippen LogP contribution in [0.1, 0.15) is 27.2 Å². The number of piperidine rings is 1. The van der Waals surface area contributed by atoms with Crippen molar-refractivity contribution in [2.75, 3.05) is 13.1 Å². The molecule has 0 aromatic heterocycles. The van der Waals surface area contributed by atoms with E-state index in [0.29, 0.717) is 23.5 Å². The lowest BCUT2D eigenvalue weighted by molar-refractivity contribution is 0.0214. The summed E-state index contributed by atoms with van der Waals surface area (Å²) in [6, 6.07) is 0.277. The molecule has 0 spiro atoms. The van der Waals surface area contributed by atoms with Crippen LogP contribution in [0, 0.1) is 0 Å². The second-order valence-electron chi connectivity index (χ2n) is 5.41. The molecule has 0 aromatic rings. The maximum absolute atomic E-state index is 11.9. The Labute approximate surface area is 106 Å². The number of fused-ring (bicyclic) bond motifs is 1. The molecule has 5 nitrogen and oxygen atoms in total. The second kappa shape index (κ2) is 4.40. The third-order valence-electron chi connectivity index (χ3n) is 2.74. The van der Waals surface area contributed by atoms with Crippen molar-refractivity contribution in [2.24, 2.45) is 10.7 Å². The van der Waals surface area contributed by atoms with Crippen molar-refractivity contribution in [1.29, 1.82) is 0 Å². The highest BCUT2D eigenvalue weighted by Gasteiger charge is 2.37. The number of amidine groups is 1. The Morgan fingerprint density at radius 1 is 1.59 bits per heavy atom. The van der Waals surface area contributed by atoms with E-state index < -0.39 is 5.60 Å². The minimum absolute atomic E-state index is 0.234. The van der Waals surface area contributed by atoms with Crippen molar-refractivity contribution in [2.45, 2.75) is 44.1 Å². The molecular formula is C11H19N3O2S. The summed E-state index contributed by atoms with van der Waals surface area (Å²) in [5, 5.41) is 0.947. The smallest absolute Gasteiger partial charge is 0.410 e. The van der Waals surface area contributed by atoms with E-state index in [-0.39, 0.29) is 12.1 Å². The maximum Gasteiger partial charge on any atom is 0.410 e. The number of likely N-dealkylation sites (tertiary alicyclic amines) is 1. The lowest BCUT2D eigenvalue weighted by atomic mass is 10.1. The molecule has 2 atom stereocenters. The van der Waals surface area contributed by atoms with Gasteiger partial charge in [0.25, 0.3) is 0 Å². The predicted octanol–water partition coefficient (Wildman–Crippen LogP) is 1.43. The first-order chi connectivity index (χ1) is 7.85. The van der Waals surface area contributed by atoms with Crippen LogP contribution in [0.25, 0.3) is 0 Å². The van der Waals surface area contributed by atoms with Crippen molar-refractivity contribution >= 4 is 23.0 Å². The first kappa shape index (κ1) is 12.5. The number of hydrogen-bond acceptors (Lipinski definition) is 5. The summed E-state index contributed by atoms with van der Waals surface area (Å²) in [6.45, 7) is 7.01. The van der Waals surface area contributed by atoms with E-state index in [1.54, 1.807) is 16.7 Å². The Bertz CT molecular complexity index is 351. The number of carbonyl (C=O) groups is 1. The summed E-state index contributed by atoms with van der Waals surface area (Å²) in [5.41, 5.74) is 5.26. The lowest BCUT2D eigenvalue weighted by Crippen LogP contribution is -2.47. The second-order valence-corrected chi connectivity index (χ2v) is 6.67. The fraction of sp³-hybridized carbons (Fsp3) is 0.818. The molecule has 2 rings (SSSR count). The maximum atomic E-state index is 11.9. The third-order valence-corrected chi connectivity index (χ3v) is 3.85. The van der Waals surface area contributed by atoms with Crippen LogP contribution in [0.2, 0.25) is 0 Å². The minimum atomic E-state index is -0.438. The Morgan fingerprint density at radius 3 is 2.94 bits per heavy atom. The Hall–Kier alpha value is -0.910. The van der Waals surface area contributed by atoms with Gasteiger partial charge >= 0.3 is 6.09 Å². The normalized spacial score (nSPS) is 28.6. The lowest BCUT2D eigenvalue weighted by Gasteiger charge is -2.34. The van der Waals surface area contributed by atoms with Gasteiger partial charge in [-0.3, -0.25) is 4.99 Å². The SMILES string of the molecule is CC(C)(C)OC(=O)N1CCC2N=C(N)SC2C1. The number of thioether (sulfide) groups is 1. The number of rotatable bonds is 0. The molecule has 2 heterocycles. The molecule has 2 aliphatic heterocycles. The highest BCUT2D eigenvalue weighted by Crippen LogP contribution is 2.31. The molecule has 6 heteroatoms. The van der Waals surface area contributed by atoms with Gasteiger partial charge in [0, 0.05) is 13.1 Å². The fourth-order valence-electron chi connectivity index (χ4n) is 2.01. The van der Waals surface area contributed by atoms with Gasteiger partial charge in [0.2, 0.25) is 0 Å². The molecule has 0 aliphatic carbocycles. The molecule has 0 aromatic carbocycles. The average Bonchev–Trinajstić information content (AvgIpc) is 2.53. The van der Waals surface area contributed by atoms with E-state index in [4.69, 9.17) is 10.5 Å². The van der Waals surface area contributed by atoms with Gasteiger partial charge in [0.15, 0.2) is 5.17 Å². The van der Waals surface area contributed by atoms with Gasteiger partial charge in [-0.15, -0.1) is 0 Å². The van der Waals surface area contributed by atoms with Crippen molar-refractivity contribution in [3.63, 3.8) is 0 Å². The summed E-state index contributed by atoms with van der Waals surface area (Å²) in [7, 11) is 0. The number of hydrogen-bond donors (Lipinski definition) is 1. The van der Waals surface area contributed by atoms with Crippen LogP contribution < -0.4 is 5.73 Å². The Morgan fingerprint density at radius 2 is 2.29 bits per heavy atom. The number of amides is 1. The van der Waals surface area contributed by atoms with Gasteiger partial charge in [-0.05, 0) is 27.2 Å². The van der Waals surface area contributed by atoms with E-state index in [1.165, 1.54) is 0 Å². The van der Waals surface area contributed by atoms with Crippen molar-refractivity contribution in [1.82, 2.24) is 4.90 Å². The summed E-state index contributed by atoms with van der Waals surface area (Å²) in [4.78, 5) is 18.0. The molecule has 0 radical (unpaired) electrons. The topological polar surface area (TPSA) is 67.9 Å². The number of carbonyl (C=O) groups excluding carboxylic acids is 1. The standard InChI is InChI=1S/C11H19N3O2S/c1-11(2,3)16-10(15)14-5-4-7-8(6-14)17-9(12)13-7/h7-8H,4-6H2,1-3H3,(H2,12,13). The van der Waals surface area contributed by atoms with Crippen LogP contribution >= 0.6 is 11.8 Å². The molecule has 2 unspecified atom stereocenters. The highest BCUT2D eigenvalue weighted by atomic mass is 32.2. The zero-order valence-electron chi connectivity index (χ0n) is 10.5. The van der Waals surface area contributed by atoms with Crippen LogP contribution in [0.3, 0.4) is 0 Å². The molecule has 2 N–H and O–H groups in total. The molecule has 96 valence electrons. The van der Waals surface area contributed by atoms with Gasteiger partial charge in [0.05, 0.1) is 11.3 Å². The number of aliphatic imine (C=N–C) groups is 1. The predicted molar refractivity (Wildman–Crippen MR) is 69.2 cm³/mol. The van der Waals surface area contributed by atoms with Crippen LogP contribution in [0.15, 0.2) is 4.99 Å². The van der Waals surface area contributed by atoms with Crippen molar-refractivity contribution in [3.05, 3.63) is 0 Å². The van der Waals surface area contributed by atoms with Crippen molar-refractivity contribution < 1.29 is 9.53 Å². The molecule has 0 saturated carbocycles. The molecule has 0 bridgehead atoms. The monoisotopic (exact) mass is 257 g/mol. The van der Waals surface area contributed by atoms with E-state index >= 15 is 0 Å². The zero-order chi connectivity index (χ0) is 12.6. The molecule has 1 saturated heterocycles. The summed E-state index contributed by atoms with van der Waals surface area (Å²) >= 11 is 1.57. The third kappa shape index (κ3) is 3.06. The summed E-state index contributed by atoms with van der Waals surface area (Å²) < 4.78 is 5.36. The Balaban J connectivity index is 1.91. The largest absolute Gasteiger partial charge is 0.444 e. The Kier molecular flexibility index (Phi) is 3.25. The zero-order valence-corrected chi connectivity index (χ0v) is 11.3. The average molecular weight is 257 g/mol. The molecule has 1 fully saturated rings. The van der Waals surface area contributed by atoms with Crippen LogP contribution in [-0.2, 0) is 4.74 Å². The van der Waals surface area contributed by atoms with Gasteiger partial charge in [-0.2, -0.15) is 0 Å². The van der Waals surface area contributed by atoms with E-state index in [9.17, 15) is 4.79 Å². The quantitative estimate of drug-likeness (QED) is 0.712. The van der Waals surface area contributed by atoms with E-state index in [2.05, 4.69) is 4.99 Å². The van der Waals surface area contributed by atoms with Crippen LogP contribution in [-0.4, -0.2) is 46.1 Å². The van der Waals surface area contributed by atoms with Gasteiger partial charge in [-0.1, -0.05) is 11.8 Å². The van der Waals surface area contributed by atoms with E-state index in [0.717, 1.165) is 6.42 Å². The highest BCUT2D eigenvalue weighted by molar-refractivity contribution is 8.14. The van der Waals surface area contributed by atoms with Gasteiger partial charge < -0.3 is 15.4 Å². The summed E-state index contributed by atoms with van der Waals surface area (Å²) in [5.74, 6) is 0. The van der Waals surface area contributed by atoms with Gasteiger partial charge in [-0.25, -0.2) is 4.79 Å². The first-order valence-corrected chi connectivity index (χ1v) is 6.71. The number of nitrogens with zero attached hydrogens (tertiary/aromatic N) is 2. The number of nitrogens with two attached hydrogens (primary N) is 1. The number of ether oxygens (including phenoxy) is 1. The van der Waals surface area contributed by atoms with Crippen LogP contribution in [0.4, 0.5) is 4.79 Å². The molecule has 17 heavy (non-hydrogen) atoms. The van der Waals surface area contributed by atoms with Gasteiger partial charge in [0.1, 0.15) is 5.60 Å². The first-order valence-electron chi connectivity index (χ1n) is 5.83. The van der Waals surface area contributed by atoms with Crippen molar-refractivity contribution in [3.8, 4) is 0 Å². The van der Waals surface area contributed by atoms with Crippen LogP contribution in [0.5, 0.6) is 0 Å².